The first kappa shape index (κ1) is 19.3. The summed E-state index contributed by atoms with van der Waals surface area (Å²) < 4.78 is 3.17. The van der Waals surface area contributed by atoms with Crippen LogP contribution >= 0.6 is 23.1 Å². The largest absolute Gasteiger partial charge is 0.316 e. The molecule has 0 aliphatic rings. The molecule has 3 rings (SSSR count). The lowest BCUT2D eigenvalue weighted by Crippen LogP contribution is -2.18. The highest BCUT2D eigenvalue weighted by molar-refractivity contribution is 7.98. The molecule has 27 heavy (non-hydrogen) atoms. The van der Waals surface area contributed by atoms with Crippen molar-refractivity contribution in [2.24, 2.45) is 4.99 Å². The number of amides is 1. The van der Waals surface area contributed by atoms with Crippen molar-refractivity contribution in [1.29, 1.82) is 0 Å². The topological polar surface area (TPSA) is 77.5 Å². The van der Waals surface area contributed by atoms with E-state index in [-0.39, 0.29) is 5.69 Å². The van der Waals surface area contributed by atoms with Gasteiger partial charge in [0.25, 0.3) is 11.6 Å². The molecule has 0 saturated heterocycles. The molecule has 0 aliphatic carbocycles. The van der Waals surface area contributed by atoms with Crippen molar-refractivity contribution in [3.05, 3.63) is 68.5 Å². The number of aryl methyl sites for hydroxylation is 2. The number of carbonyl (C=O) groups excluding carboxylic acids is 1. The van der Waals surface area contributed by atoms with E-state index >= 15 is 0 Å². The van der Waals surface area contributed by atoms with E-state index in [4.69, 9.17) is 0 Å². The normalized spacial score (nSPS) is 11.9. The van der Waals surface area contributed by atoms with Gasteiger partial charge in [-0.25, -0.2) is 0 Å². The van der Waals surface area contributed by atoms with Crippen LogP contribution in [0.4, 0.5) is 5.69 Å². The van der Waals surface area contributed by atoms with Crippen molar-refractivity contribution in [2.45, 2.75) is 19.9 Å². The van der Waals surface area contributed by atoms with Gasteiger partial charge in [0.05, 0.1) is 15.1 Å². The molecule has 0 atom stereocenters. The summed E-state index contributed by atoms with van der Waals surface area (Å²) in [5.41, 5.74) is 2.61. The van der Waals surface area contributed by atoms with Gasteiger partial charge >= 0.3 is 0 Å². The van der Waals surface area contributed by atoms with Gasteiger partial charge in [-0.2, -0.15) is 16.8 Å². The predicted octanol–water partition coefficient (Wildman–Crippen LogP) is 4.28. The number of nitro groups is 1. The zero-order valence-electron chi connectivity index (χ0n) is 15.0. The summed E-state index contributed by atoms with van der Waals surface area (Å²) >= 11 is 3.23. The molecule has 0 bridgehead atoms. The maximum absolute atomic E-state index is 12.6. The van der Waals surface area contributed by atoms with Crippen LogP contribution in [0, 0.1) is 10.1 Å². The molecule has 0 aliphatic heterocycles. The third-order valence-corrected chi connectivity index (χ3v) is 5.83. The fraction of sp³-hybridized carbons (Fsp3) is 0.263. The zero-order chi connectivity index (χ0) is 19.4. The number of benzene rings is 2. The van der Waals surface area contributed by atoms with E-state index in [2.05, 4.69) is 34.7 Å². The maximum atomic E-state index is 12.6. The summed E-state index contributed by atoms with van der Waals surface area (Å²) in [7, 11) is 0. The minimum absolute atomic E-state index is 0.0458. The Hall–Kier alpha value is -2.45. The SMILES string of the molecule is CCc1ccc2c(c1)sc(=NC(=O)c1ccc([N+](=O)[O-])cc1)n2CCSC. The molecule has 1 aromatic heterocycles. The molecule has 0 N–H and O–H groups in total. The van der Waals surface area contributed by atoms with Crippen molar-refractivity contribution >= 4 is 44.9 Å². The van der Waals surface area contributed by atoms with E-state index in [1.165, 1.54) is 41.2 Å². The van der Waals surface area contributed by atoms with Crippen LogP contribution < -0.4 is 4.80 Å². The fourth-order valence-corrected chi connectivity index (χ4v) is 4.18. The quantitative estimate of drug-likeness (QED) is 0.456. The molecule has 0 spiro atoms. The monoisotopic (exact) mass is 401 g/mol. The van der Waals surface area contributed by atoms with Gasteiger partial charge in [0.1, 0.15) is 0 Å². The second-order valence-corrected chi connectivity index (χ2v) is 7.90. The van der Waals surface area contributed by atoms with E-state index in [0.29, 0.717) is 10.4 Å². The van der Waals surface area contributed by atoms with E-state index in [9.17, 15) is 14.9 Å². The van der Waals surface area contributed by atoms with E-state index in [1.54, 1.807) is 11.8 Å². The molecule has 1 amide bonds. The van der Waals surface area contributed by atoms with Crippen molar-refractivity contribution in [3.8, 4) is 0 Å². The maximum Gasteiger partial charge on any atom is 0.279 e. The second kappa shape index (κ2) is 8.49. The Morgan fingerprint density at radius 1 is 1.26 bits per heavy atom. The van der Waals surface area contributed by atoms with Crippen LogP contribution in [0.2, 0.25) is 0 Å². The number of hydrogen-bond donors (Lipinski definition) is 0. The Morgan fingerprint density at radius 2 is 2.00 bits per heavy atom. The van der Waals surface area contributed by atoms with Crippen molar-refractivity contribution in [2.75, 3.05) is 12.0 Å². The lowest BCUT2D eigenvalue weighted by Gasteiger charge is -2.04. The minimum Gasteiger partial charge on any atom is -0.316 e. The lowest BCUT2D eigenvalue weighted by molar-refractivity contribution is -0.384. The van der Waals surface area contributed by atoms with Gasteiger partial charge in [0, 0.05) is 30.0 Å². The summed E-state index contributed by atoms with van der Waals surface area (Å²) in [6.07, 6.45) is 3.00. The number of thioether (sulfide) groups is 1. The molecule has 8 heteroatoms. The Kier molecular flexibility index (Phi) is 6.08. The van der Waals surface area contributed by atoms with Crippen molar-refractivity contribution in [3.63, 3.8) is 0 Å². The summed E-state index contributed by atoms with van der Waals surface area (Å²) in [6, 6.07) is 11.9. The number of nitro benzene ring substituents is 1. The lowest BCUT2D eigenvalue weighted by atomic mass is 10.2. The molecule has 3 aromatic rings. The Balaban J connectivity index is 2.04. The number of carbonyl (C=O) groups is 1. The number of fused-ring (bicyclic) bond motifs is 1. The first-order valence-corrected chi connectivity index (χ1v) is 10.7. The van der Waals surface area contributed by atoms with Crippen LogP contribution in [0.15, 0.2) is 47.5 Å². The number of non-ortho nitro benzene ring substituents is 1. The van der Waals surface area contributed by atoms with Crippen LogP contribution in [-0.4, -0.2) is 27.4 Å². The first-order valence-electron chi connectivity index (χ1n) is 8.48. The molecule has 0 saturated carbocycles. The molecule has 1 heterocycles. The van der Waals surface area contributed by atoms with Gasteiger partial charge in [-0.3, -0.25) is 14.9 Å². The highest BCUT2D eigenvalue weighted by Gasteiger charge is 2.11. The predicted molar refractivity (Wildman–Crippen MR) is 111 cm³/mol. The van der Waals surface area contributed by atoms with Gasteiger partial charge < -0.3 is 4.57 Å². The highest BCUT2D eigenvalue weighted by Crippen LogP contribution is 2.20. The van der Waals surface area contributed by atoms with Gasteiger partial charge in [0.2, 0.25) is 0 Å². The summed E-state index contributed by atoms with van der Waals surface area (Å²) in [4.78, 5) is 27.8. The summed E-state index contributed by atoms with van der Waals surface area (Å²) in [5, 5.41) is 10.8. The number of thiazole rings is 1. The third kappa shape index (κ3) is 4.28. The molecular weight excluding hydrogens is 382 g/mol. The molecule has 140 valence electrons. The average Bonchev–Trinajstić information content (AvgIpc) is 3.02. The van der Waals surface area contributed by atoms with E-state index in [1.807, 2.05) is 6.26 Å². The van der Waals surface area contributed by atoms with Gasteiger partial charge in [-0.15, -0.1) is 0 Å². The molecule has 0 unspecified atom stereocenters. The average molecular weight is 402 g/mol. The van der Waals surface area contributed by atoms with Crippen LogP contribution in [-0.2, 0) is 13.0 Å². The second-order valence-electron chi connectivity index (χ2n) is 5.91. The standard InChI is InChI=1S/C19H19N3O3S2/c1-3-13-4-9-16-17(12-13)27-19(21(16)10-11-26-2)20-18(23)14-5-7-15(8-6-14)22(24)25/h4-9,12H,3,10-11H2,1-2H3. The smallest absolute Gasteiger partial charge is 0.279 e. The van der Waals surface area contributed by atoms with Gasteiger partial charge in [0.15, 0.2) is 4.80 Å². The number of aromatic nitrogens is 1. The molecular formula is C19H19N3O3S2. The molecule has 0 radical (unpaired) electrons. The van der Waals surface area contributed by atoms with Crippen LogP contribution in [0.1, 0.15) is 22.8 Å². The highest BCUT2D eigenvalue weighted by atomic mass is 32.2. The summed E-state index contributed by atoms with van der Waals surface area (Å²) in [5.74, 6) is 0.519. The Bertz CT molecular complexity index is 1050. The van der Waals surface area contributed by atoms with E-state index < -0.39 is 10.8 Å². The zero-order valence-corrected chi connectivity index (χ0v) is 16.7. The van der Waals surface area contributed by atoms with Gasteiger partial charge in [-0.05, 0) is 42.5 Å². The minimum atomic E-state index is -0.487. The van der Waals surface area contributed by atoms with Crippen LogP contribution in [0.3, 0.4) is 0 Å². The molecule has 2 aromatic carbocycles. The van der Waals surface area contributed by atoms with E-state index in [0.717, 1.165) is 28.9 Å². The first-order chi connectivity index (χ1) is 13.0. The number of nitrogens with zero attached hydrogens (tertiary/aromatic N) is 3. The fourth-order valence-electron chi connectivity index (χ4n) is 2.70. The number of rotatable bonds is 6. The molecule has 6 nitrogen and oxygen atoms in total. The van der Waals surface area contributed by atoms with Gasteiger partial charge in [-0.1, -0.05) is 24.3 Å². The van der Waals surface area contributed by atoms with Crippen LogP contribution in [0.25, 0.3) is 10.2 Å². The van der Waals surface area contributed by atoms with Crippen molar-refractivity contribution in [1.82, 2.24) is 4.57 Å². The Morgan fingerprint density at radius 3 is 2.63 bits per heavy atom. The number of hydrogen-bond acceptors (Lipinski definition) is 5. The molecule has 0 fully saturated rings. The summed E-state index contributed by atoms with van der Waals surface area (Å²) in [6.45, 7) is 2.87. The Labute approximate surface area is 164 Å². The van der Waals surface area contributed by atoms with Crippen LogP contribution in [0.5, 0.6) is 0 Å². The third-order valence-electron chi connectivity index (χ3n) is 4.20. The van der Waals surface area contributed by atoms with Crippen molar-refractivity contribution < 1.29 is 9.72 Å².